The van der Waals surface area contributed by atoms with Crippen LogP contribution in [0, 0.1) is 0 Å². The molecule has 1 rings (SSSR count). The molecule has 0 saturated heterocycles. The molecule has 0 fully saturated rings. The van der Waals surface area contributed by atoms with Crippen LogP contribution in [0.1, 0.15) is 13.8 Å². The largest absolute Gasteiger partial charge is 0.353 e. The lowest BCUT2D eigenvalue weighted by Crippen LogP contribution is -2.47. The second-order valence-electron chi connectivity index (χ2n) is 5.22. The minimum Gasteiger partial charge on any atom is -0.353 e. The van der Waals surface area contributed by atoms with Crippen molar-refractivity contribution in [1.29, 1.82) is 0 Å². The molecule has 0 atom stereocenters. The molecule has 0 aromatic carbocycles. The maximum Gasteiger partial charge on any atom is 0.244 e. The van der Waals surface area contributed by atoms with Crippen LogP contribution in [0.2, 0.25) is 0 Å². The van der Waals surface area contributed by atoms with E-state index in [0.29, 0.717) is 12.4 Å². The Morgan fingerprint density at radius 3 is 2.21 bits per heavy atom. The predicted octanol–water partition coefficient (Wildman–Crippen LogP) is 0.505. The number of aromatic nitrogens is 1. The van der Waals surface area contributed by atoms with Crippen molar-refractivity contribution < 1.29 is 8.42 Å². The van der Waals surface area contributed by atoms with Crippen molar-refractivity contribution in [1.82, 2.24) is 9.29 Å². The fourth-order valence-corrected chi connectivity index (χ4v) is 2.23. The van der Waals surface area contributed by atoms with Crippen molar-refractivity contribution in [2.24, 2.45) is 5.73 Å². The summed E-state index contributed by atoms with van der Waals surface area (Å²) in [5, 5.41) is 0. The molecule has 0 aliphatic heterocycles. The van der Waals surface area contributed by atoms with Crippen LogP contribution < -0.4 is 10.6 Å². The number of anilines is 1. The van der Waals surface area contributed by atoms with E-state index in [1.54, 1.807) is 12.1 Å². The molecule has 6 nitrogen and oxygen atoms in total. The van der Waals surface area contributed by atoms with Gasteiger partial charge < -0.3 is 10.6 Å². The molecular weight excluding hydrogens is 264 g/mol. The molecule has 0 saturated carbocycles. The lowest BCUT2D eigenvalue weighted by Gasteiger charge is -2.35. The summed E-state index contributed by atoms with van der Waals surface area (Å²) in [4.78, 5) is 6.32. The van der Waals surface area contributed by atoms with E-state index in [2.05, 4.69) is 4.98 Å². The minimum absolute atomic E-state index is 0.181. The Hall–Kier alpha value is -1.18. The van der Waals surface area contributed by atoms with Gasteiger partial charge in [0.1, 0.15) is 10.7 Å². The molecule has 1 aromatic heterocycles. The topological polar surface area (TPSA) is 79.5 Å². The lowest BCUT2D eigenvalue weighted by atomic mass is 10.0. The number of hydrogen-bond acceptors (Lipinski definition) is 5. The van der Waals surface area contributed by atoms with Crippen molar-refractivity contribution in [2.45, 2.75) is 24.3 Å². The summed E-state index contributed by atoms with van der Waals surface area (Å²) in [7, 11) is 1.44. The van der Waals surface area contributed by atoms with E-state index in [1.807, 2.05) is 25.8 Å². The van der Waals surface area contributed by atoms with Crippen LogP contribution >= 0.6 is 0 Å². The van der Waals surface area contributed by atoms with Gasteiger partial charge in [-0.25, -0.2) is 17.7 Å². The molecule has 0 unspecified atom stereocenters. The van der Waals surface area contributed by atoms with Gasteiger partial charge in [-0.05, 0) is 26.0 Å². The molecular formula is C12H22N4O2S. The first-order chi connectivity index (χ1) is 8.63. The Bertz CT molecular complexity index is 523. The quantitative estimate of drug-likeness (QED) is 0.853. The third-order valence-corrected chi connectivity index (χ3v) is 5.05. The summed E-state index contributed by atoms with van der Waals surface area (Å²) in [6.07, 6.45) is 1.37. The van der Waals surface area contributed by atoms with E-state index >= 15 is 0 Å². The molecule has 19 heavy (non-hydrogen) atoms. The molecule has 0 aliphatic carbocycles. The molecule has 0 spiro atoms. The van der Waals surface area contributed by atoms with Crippen molar-refractivity contribution in [3.63, 3.8) is 0 Å². The van der Waals surface area contributed by atoms with Gasteiger partial charge in [0, 0.05) is 39.4 Å². The zero-order valence-electron chi connectivity index (χ0n) is 12.1. The van der Waals surface area contributed by atoms with Crippen LogP contribution in [0.5, 0.6) is 0 Å². The molecule has 1 aromatic rings. The van der Waals surface area contributed by atoms with Crippen LogP contribution in [0.3, 0.4) is 0 Å². The first kappa shape index (κ1) is 15.9. The summed E-state index contributed by atoms with van der Waals surface area (Å²) < 4.78 is 25.0. The van der Waals surface area contributed by atoms with Crippen LogP contribution in [0.15, 0.2) is 23.2 Å². The van der Waals surface area contributed by atoms with Gasteiger partial charge in [-0.2, -0.15) is 0 Å². The highest BCUT2D eigenvalue weighted by Crippen LogP contribution is 2.21. The highest BCUT2D eigenvalue weighted by molar-refractivity contribution is 7.89. The molecule has 1 heterocycles. The first-order valence-electron chi connectivity index (χ1n) is 5.95. The Balaban J connectivity index is 3.08. The van der Waals surface area contributed by atoms with Crippen LogP contribution in [-0.2, 0) is 10.0 Å². The number of nitrogens with zero attached hydrogens (tertiary/aromatic N) is 3. The summed E-state index contributed by atoms with van der Waals surface area (Å²) >= 11 is 0. The Kier molecular flexibility index (Phi) is 4.54. The average Bonchev–Trinajstić information content (AvgIpc) is 2.37. The predicted molar refractivity (Wildman–Crippen MR) is 76.6 cm³/mol. The maximum absolute atomic E-state index is 11.9. The smallest absolute Gasteiger partial charge is 0.244 e. The van der Waals surface area contributed by atoms with Gasteiger partial charge >= 0.3 is 0 Å². The zero-order valence-corrected chi connectivity index (χ0v) is 12.9. The Labute approximate surface area is 115 Å². The van der Waals surface area contributed by atoms with E-state index in [1.165, 1.54) is 20.3 Å². The van der Waals surface area contributed by atoms with E-state index in [0.717, 1.165) is 4.31 Å². The van der Waals surface area contributed by atoms with E-state index in [4.69, 9.17) is 5.73 Å². The van der Waals surface area contributed by atoms with Gasteiger partial charge in [-0.15, -0.1) is 0 Å². The summed E-state index contributed by atoms with van der Waals surface area (Å²) in [6, 6.07) is 3.24. The van der Waals surface area contributed by atoms with Crippen molar-refractivity contribution >= 4 is 15.8 Å². The van der Waals surface area contributed by atoms with Crippen LogP contribution in [0.4, 0.5) is 5.82 Å². The van der Waals surface area contributed by atoms with E-state index in [9.17, 15) is 8.42 Å². The summed E-state index contributed by atoms with van der Waals surface area (Å²) in [6.45, 7) is 4.47. The third-order valence-electron chi connectivity index (χ3n) is 3.25. The second-order valence-corrected chi connectivity index (χ2v) is 7.37. The number of likely N-dealkylation sites (N-methyl/N-ethyl adjacent to an activating group) is 1. The minimum atomic E-state index is -3.43. The van der Waals surface area contributed by atoms with E-state index < -0.39 is 10.0 Å². The second kappa shape index (κ2) is 5.44. The van der Waals surface area contributed by atoms with Crippen molar-refractivity contribution in [3.8, 4) is 0 Å². The number of pyridine rings is 1. The molecule has 0 amide bonds. The third kappa shape index (κ3) is 3.23. The monoisotopic (exact) mass is 286 g/mol. The molecule has 0 bridgehead atoms. The number of nitrogens with two attached hydrogens (primary N) is 1. The maximum atomic E-state index is 11.9. The summed E-state index contributed by atoms with van der Waals surface area (Å²) in [5.74, 6) is 0.688. The molecule has 7 heteroatoms. The van der Waals surface area contributed by atoms with Gasteiger partial charge in [0.05, 0.1) is 0 Å². The average molecular weight is 286 g/mol. The number of rotatable bonds is 5. The fraction of sp³-hybridized carbons (Fsp3) is 0.583. The van der Waals surface area contributed by atoms with Gasteiger partial charge in [0.25, 0.3) is 0 Å². The van der Waals surface area contributed by atoms with Crippen molar-refractivity contribution in [2.75, 3.05) is 32.6 Å². The first-order valence-corrected chi connectivity index (χ1v) is 7.39. The number of sulfonamides is 1. The van der Waals surface area contributed by atoms with Gasteiger partial charge in [-0.1, -0.05) is 0 Å². The highest BCUT2D eigenvalue weighted by Gasteiger charge is 2.24. The Morgan fingerprint density at radius 1 is 1.26 bits per heavy atom. The van der Waals surface area contributed by atoms with Gasteiger partial charge in [-0.3, -0.25) is 0 Å². The van der Waals surface area contributed by atoms with Crippen LogP contribution in [-0.4, -0.2) is 50.9 Å². The summed E-state index contributed by atoms with van der Waals surface area (Å²) in [5.41, 5.74) is 5.47. The number of hydrogen-bond donors (Lipinski definition) is 1. The molecule has 2 N–H and O–H groups in total. The zero-order chi connectivity index (χ0) is 14.8. The molecule has 0 aliphatic rings. The highest BCUT2D eigenvalue weighted by atomic mass is 32.2. The SMILES string of the molecule is CN(c1ccc(S(=O)(=O)N(C)C)cn1)C(C)(C)CN. The normalized spacial score (nSPS) is 12.8. The van der Waals surface area contributed by atoms with Gasteiger partial charge in [0.2, 0.25) is 10.0 Å². The lowest BCUT2D eigenvalue weighted by molar-refractivity contribution is 0.494. The Morgan fingerprint density at radius 2 is 1.84 bits per heavy atom. The van der Waals surface area contributed by atoms with Crippen LogP contribution in [0.25, 0.3) is 0 Å². The standard InChI is InChI=1S/C12H22N4O2S/c1-12(2,9-13)16(5)11-7-6-10(8-14-11)19(17,18)15(3)4/h6-8H,9,13H2,1-5H3. The molecule has 108 valence electrons. The van der Waals surface area contributed by atoms with E-state index in [-0.39, 0.29) is 10.4 Å². The molecule has 0 radical (unpaired) electrons. The van der Waals surface area contributed by atoms with Gasteiger partial charge in [0.15, 0.2) is 0 Å². The van der Waals surface area contributed by atoms with Crippen molar-refractivity contribution in [3.05, 3.63) is 18.3 Å². The fourth-order valence-electron chi connectivity index (χ4n) is 1.38.